The Hall–Kier alpha value is 0.347. The second-order valence-corrected chi connectivity index (χ2v) is 13.1. The summed E-state index contributed by atoms with van der Waals surface area (Å²) in [5.74, 6) is 0. The van der Waals surface area contributed by atoms with E-state index in [-0.39, 0.29) is 12.4 Å². The molecule has 202 valence electrons. The predicted molar refractivity (Wildman–Crippen MR) is 142 cm³/mol. The summed E-state index contributed by atoms with van der Waals surface area (Å²) in [7, 11) is 5.08. The number of halogens is 1. The van der Waals surface area contributed by atoms with E-state index in [1.807, 2.05) is 0 Å². The summed E-state index contributed by atoms with van der Waals surface area (Å²) in [5.41, 5.74) is 0.302. The van der Waals surface area contributed by atoms with E-state index in [4.69, 9.17) is 13.3 Å². The second-order valence-electron chi connectivity index (χ2n) is 10.0. The van der Waals surface area contributed by atoms with Crippen molar-refractivity contribution in [3.8, 4) is 0 Å². The van der Waals surface area contributed by atoms with Crippen molar-refractivity contribution in [1.29, 1.82) is 0 Å². The van der Waals surface area contributed by atoms with Crippen LogP contribution in [0.4, 0.5) is 0 Å². The molecule has 33 heavy (non-hydrogen) atoms. The van der Waals surface area contributed by atoms with Crippen LogP contribution >= 0.6 is 0 Å². The van der Waals surface area contributed by atoms with Crippen molar-refractivity contribution in [2.75, 3.05) is 41.5 Å². The molecule has 0 heterocycles. The van der Waals surface area contributed by atoms with Gasteiger partial charge in [-0.05, 0) is 25.7 Å². The molecule has 0 saturated heterocycles. The van der Waals surface area contributed by atoms with Gasteiger partial charge in [0.15, 0.2) is 5.67 Å². The molecule has 0 fully saturated rings. The molecule has 0 rings (SSSR count). The van der Waals surface area contributed by atoms with Gasteiger partial charge in [-0.25, -0.2) is 0 Å². The first-order valence-corrected chi connectivity index (χ1v) is 15.8. The Morgan fingerprint density at radius 2 is 0.848 bits per heavy atom. The number of hydrogen-bond acceptors (Lipinski definition) is 3. The molecule has 0 saturated carbocycles. The van der Waals surface area contributed by atoms with E-state index in [1.165, 1.54) is 116 Å². The molecule has 0 bridgehead atoms. The summed E-state index contributed by atoms with van der Waals surface area (Å²) in [5, 5.41) is 0. The van der Waals surface area contributed by atoms with Gasteiger partial charge in [-0.1, -0.05) is 97.8 Å². The van der Waals surface area contributed by atoms with Crippen LogP contribution in [0.5, 0.6) is 0 Å². The van der Waals surface area contributed by atoms with Crippen LogP contribution in [0.2, 0.25) is 0 Å². The van der Waals surface area contributed by atoms with Gasteiger partial charge in [-0.2, -0.15) is 0 Å². The molecular weight excluding hydrogens is 450 g/mol. The minimum atomic E-state index is -2.69. The average molecular weight is 510 g/mol. The summed E-state index contributed by atoms with van der Waals surface area (Å²) in [4.78, 5) is 0. The smallest absolute Gasteiger partial charge is 0.561 e. The summed E-state index contributed by atoms with van der Waals surface area (Å²) in [6.45, 7) is 9.27. The molecule has 4 nitrogen and oxygen atoms in total. The number of unbranched alkanes of at least 4 members (excludes halogenated alkanes) is 14. The zero-order chi connectivity index (χ0) is 24.1. The minimum absolute atomic E-state index is 0. The lowest BCUT2D eigenvalue weighted by atomic mass is 10.1. The molecule has 0 amide bonds. The Balaban J connectivity index is 0. The van der Waals surface area contributed by atoms with E-state index in [2.05, 4.69) is 27.8 Å². The van der Waals surface area contributed by atoms with E-state index in [0.717, 1.165) is 10.9 Å². The van der Waals surface area contributed by atoms with Crippen LogP contribution in [0, 0.1) is 0 Å². The van der Waals surface area contributed by atoms with Crippen LogP contribution in [0.3, 0.4) is 0 Å². The molecule has 0 aromatic heterocycles. The first-order valence-electron chi connectivity index (χ1n) is 14.0. The van der Waals surface area contributed by atoms with Crippen molar-refractivity contribution in [2.24, 2.45) is 0 Å². The number of hydrogen-bond donors (Lipinski definition) is 0. The lowest BCUT2D eigenvalue weighted by Crippen LogP contribution is -3.00. The minimum Gasteiger partial charge on any atom is -1.00 e. The zero-order valence-corrected chi connectivity index (χ0v) is 25.3. The molecule has 0 aromatic carbocycles. The van der Waals surface area contributed by atoms with Crippen molar-refractivity contribution >= 4 is 8.80 Å². The quantitative estimate of drug-likeness (QED) is 0.105. The fourth-order valence-corrected chi connectivity index (χ4v) is 8.21. The van der Waals surface area contributed by atoms with Gasteiger partial charge in [-0.3, -0.25) is 0 Å². The van der Waals surface area contributed by atoms with Gasteiger partial charge in [-0.15, -0.1) is 0 Å². The lowest BCUT2D eigenvalue weighted by molar-refractivity contribution is -0.925. The van der Waals surface area contributed by atoms with Crippen molar-refractivity contribution in [3.05, 3.63) is 0 Å². The maximum atomic E-state index is 5.98. The van der Waals surface area contributed by atoms with E-state index in [9.17, 15) is 0 Å². The molecule has 6 heteroatoms. The third kappa shape index (κ3) is 14.5. The summed E-state index contributed by atoms with van der Waals surface area (Å²) < 4.78 is 19.0. The highest BCUT2D eigenvalue weighted by Crippen LogP contribution is 2.28. The number of quaternary nitrogens is 1. The van der Waals surface area contributed by atoms with E-state index in [0.29, 0.717) is 5.67 Å². The van der Waals surface area contributed by atoms with Crippen molar-refractivity contribution in [3.63, 3.8) is 0 Å². The Kier molecular flexibility index (Phi) is 24.5. The van der Waals surface area contributed by atoms with Crippen LogP contribution in [0.25, 0.3) is 0 Å². The van der Waals surface area contributed by atoms with Gasteiger partial charge in [0, 0.05) is 27.8 Å². The fourth-order valence-electron chi connectivity index (χ4n) is 5.37. The SMILES string of the molecule is CCCCCCCCCC[N+](C)(CCCCCCCCCC)C(CC)[Si](OC)(OC)OC.[Cl-]. The highest BCUT2D eigenvalue weighted by atomic mass is 35.5. The monoisotopic (exact) mass is 509 g/mol. The van der Waals surface area contributed by atoms with Crippen LogP contribution in [-0.2, 0) is 13.3 Å². The molecule has 0 spiro atoms. The van der Waals surface area contributed by atoms with Crippen LogP contribution in [0.1, 0.15) is 130 Å². The molecule has 0 N–H and O–H groups in total. The highest BCUT2D eigenvalue weighted by molar-refractivity contribution is 6.62. The maximum Gasteiger partial charge on any atom is 0.561 e. The summed E-state index contributed by atoms with van der Waals surface area (Å²) in [6.07, 6.45) is 22.9. The standard InChI is InChI=1S/C27H60NO3Si.ClH/c1-8-11-13-15-17-19-21-23-25-28(4,26-24-22-20-18-16-14-12-9-2)27(10-3)32(29-5,30-6)31-7;/h27H,8-26H2,1-7H3;1H/q+1;/p-1. The van der Waals surface area contributed by atoms with Gasteiger partial charge in [0.1, 0.15) is 0 Å². The third-order valence-corrected chi connectivity index (χ3v) is 11.0. The molecule has 1 unspecified atom stereocenters. The van der Waals surface area contributed by atoms with Gasteiger partial charge < -0.3 is 30.2 Å². The van der Waals surface area contributed by atoms with Crippen LogP contribution in [-0.4, -0.2) is 60.4 Å². The zero-order valence-electron chi connectivity index (χ0n) is 23.6. The average Bonchev–Trinajstić information content (AvgIpc) is 2.81. The number of nitrogens with zero attached hydrogens (tertiary/aromatic N) is 1. The van der Waals surface area contributed by atoms with Gasteiger partial charge in [0.05, 0.1) is 20.1 Å². The Morgan fingerprint density at radius 1 is 0.545 bits per heavy atom. The van der Waals surface area contributed by atoms with E-state index < -0.39 is 8.80 Å². The molecular formula is C27H60ClNO3Si. The lowest BCUT2D eigenvalue weighted by Gasteiger charge is -2.46. The molecule has 0 aliphatic heterocycles. The van der Waals surface area contributed by atoms with Gasteiger partial charge in [0.25, 0.3) is 0 Å². The Morgan fingerprint density at radius 3 is 1.12 bits per heavy atom. The van der Waals surface area contributed by atoms with Crippen molar-refractivity contribution in [1.82, 2.24) is 0 Å². The largest absolute Gasteiger partial charge is 1.00 e. The maximum absolute atomic E-state index is 5.98. The van der Waals surface area contributed by atoms with Gasteiger partial charge in [0.2, 0.25) is 0 Å². The normalized spacial score (nSPS) is 13.2. The fraction of sp³-hybridized carbons (Fsp3) is 1.00. The molecule has 0 aromatic rings. The molecule has 0 aliphatic carbocycles. The predicted octanol–water partition coefficient (Wildman–Crippen LogP) is 4.91. The van der Waals surface area contributed by atoms with Crippen LogP contribution < -0.4 is 12.4 Å². The topological polar surface area (TPSA) is 27.7 Å². The van der Waals surface area contributed by atoms with Crippen molar-refractivity contribution in [2.45, 2.75) is 136 Å². The van der Waals surface area contributed by atoms with Crippen molar-refractivity contribution < 1.29 is 30.2 Å². The Bertz CT molecular complexity index is 383. The summed E-state index contributed by atoms with van der Waals surface area (Å²) in [6, 6.07) is 0. The second kappa shape index (κ2) is 22.8. The highest BCUT2D eigenvalue weighted by Gasteiger charge is 2.56. The summed E-state index contributed by atoms with van der Waals surface area (Å²) >= 11 is 0. The molecule has 0 radical (unpaired) electrons. The first-order chi connectivity index (χ1) is 15.5. The van der Waals surface area contributed by atoms with E-state index in [1.54, 1.807) is 21.3 Å². The van der Waals surface area contributed by atoms with E-state index >= 15 is 0 Å². The van der Waals surface area contributed by atoms with Crippen LogP contribution in [0.15, 0.2) is 0 Å². The first kappa shape index (κ1) is 35.5. The van der Waals surface area contributed by atoms with Gasteiger partial charge >= 0.3 is 8.80 Å². The Labute approximate surface area is 215 Å². The molecule has 1 atom stereocenters. The molecule has 0 aliphatic rings. The third-order valence-electron chi connectivity index (χ3n) is 7.45. The number of rotatable bonds is 24.